The normalized spacial score (nSPS) is 10.9. The summed E-state index contributed by atoms with van der Waals surface area (Å²) < 4.78 is 43.5. The number of benzene rings is 5. The molecule has 524 valence electrons. The fraction of sp³-hybridized carbons (Fsp3) is 0.365. The monoisotopic (exact) mass is 1490 g/mol. The van der Waals surface area contributed by atoms with E-state index in [-0.39, 0.29) is 259 Å². The van der Waals surface area contributed by atoms with Crippen LogP contribution >= 0.6 is 46.4 Å². The van der Waals surface area contributed by atoms with E-state index in [1.165, 1.54) is 38.5 Å². The Hall–Kier alpha value is -5.02. The summed E-state index contributed by atoms with van der Waals surface area (Å²) in [7, 11) is 0. The average molecular weight is 1490 g/mol. The van der Waals surface area contributed by atoms with Gasteiger partial charge in [0, 0.05) is 79.4 Å². The Labute approximate surface area is 666 Å². The number of amides is 5. The third-order valence-corrected chi connectivity index (χ3v) is 13.9. The van der Waals surface area contributed by atoms with Crippen molar-refractivity contribution in [2.45, 2.75) is 112 Å². The van der Waals surface area contributed by atoms with Crippen LogP contribution in [0.25, 0.3) is 21.8 Å². The molecule has 0 aliphatic rings. The van der Waals surface area contributed by atoms with Gasteiger partial charge < -0.3 is 70.0 Å². The molecule has 3 atom stereocenters. The van der Waals surface area contributed by atoms with Crippen LogP contribution in [0.2, 0.25) is 15.1 Å². The second-order valence-corrected chi connectivity index (χ2v) is 21.4. The fourth-order valence-corrected chi connectivity index (χ4v) is 8.63. The number of carboxylic acids is 1. The van der Waals surface area contributed by atoms with Crippen molar-refractivity contribution in [3.05, 3.63) is 164 Å². The second kappa shape index (κ2) is 52.9. The van der Waals surface area contributed by atoms with E-state index in [1.54, 1.807) is 85.8 Å². The van der Waals surface area contributed by atoms with Gasteiger partial charge in [-0.2, -0.15) is 10.2 Å². The topological polar surface area (TPSA) is 403 Å². The van der Waals surface area contributed by atoms with E-state index in [2.05, 4.69) is 31.0 Å². The molecular formula is C63H82Cl4F3K2N11O14. The molecule has 7 rings (SSSR count). The molecule has 5 aromatic carbocycles. The number of Topliss-reactive ketones (excluding diaryl/α,β-unsaturated/α-hetero) is 1. The Kier molecular flexibility index (Phi) is 52.5. The first-order valence-corrected chi connectivity index (χ1v) is 29.8. The average Bonchev–Trinajstić information content (AvgIpc) is 1.65. The first-order chi connectivity index (χ1) is 44.2. The Morgan fingerprint density at radius 3 is 1.46 bits per heavy atom. The number of alkyl halides is 1. The van der Waals surface area contributed by atoms with Crippen molar-refractivity contribution in [3.8, 4) is 0 Å². The van der Waals surface area contributed by atoms with Gasteiger partial charge in [0.25, 0.3) is 18.3 Å². The summed E-state index contributed by atoms with van der Waals surface area (Å²) in [5.41, 5.74) is 18.1. The van der Waals surface area contributed by atoms with E-state index < -0.39 is 53.1 Å². The largest absolute Gasteiger partial charge is 1.00 e. The Bertz CT molecular complexity index is 3590. The quantitative estimate of drug-likeness (QED) is 0.0109. The Morgan fingerprint density at radius 2 is 1.07 bits per heavy atom. The van der Waals surface area contributed by atoms with Crippen molar-refractivity contribution >= 4 is 116 Å². The smallest absolute Gasteiger partial charge is 1.00 e. The number of aryl methyl sites for hydroxylation is 1. The van der Waals surface area contributed by atoms with E-state index in [1.807, 2.05) is 13.8 Å². The van der Waals surface area contributed by atoms with Crippen LogP contribution in [-0.2, 0) is 66.3 Å². The van der Waals surface area contributed by atoms with Crippen LogP contribution in [0.4, 0.5) is 13.2 Å². The van der Waals surface area contributed by atoms with Crippen LogP contribution < -0.4 is 141 Å². The maximum atomic E-state index is 14.1. The number of halogens is 7. The van der Waals surface area contributed by atoms with Crippen molar-refractivity contribution in [2.24, 2.45) is 17.2 Å². The van der Waals surface area contributed by atoms with Gasteiger partial charge in [-0.3, -0.25) is 47.7 Å². The Morgan fingerprint density at radius 1 is 0.660 bits per heavy atom. The van der Waals surface area contributed by atoms with Crippen molar-refractivity contribution in [1.29, 1.82) is 0 Å². The number of para-hydroxylation sites is 2. The third-order valence-electron chi connectivity index (χ3n) is 12.7. The van der Waals surface area contributed by atoms with Crippen molar-refractivity contribution in [3.63, 3.8) is 0 Å². The molecule has 2 heterocycles. The summed E-state index contributed by atoms with van der Waals surface area (Å²) >= 11 is 22.3. The van der Waals surface area contributed by atoms with Crippen molar-refractivity contribution in [2.75, 3.05) is 38.8 Å². The predicted octanol–water partition coefficient (Wildman–Crippen LogP) is 0.282. The molecule has 7 aromatic rings. The van der Waals surface area contributed by atoms with Gasteiger partial charge in [-0.1, -0.05) is 122 Å². The SMILES string of the molecule is C.C.CC(CCO)N(CC(=O)NCc1cccc(Cl)c1F)C(=O)Cn1nc(C(N)=O)c2ccccc21.CC(CCO)NCC(=O)NCc1cccc(Cl)c1F.CC(N)CCO.NC(=O)c1nn(CC(=O)O)c2ccccc12.O=C(CCl)CCc1cccc(Cl)c1F.O=CO[O-].[H-].[K+].[K+]. The van der Waals surface area contributed by atoms with E-state index in [0.29, 0.717) is 52.2 Å². The molecule has 97 heavy (non-hydrogen) atoms. The number of aliphatic hydroxyl groups excluding tert-OH is 3. The molecule has 2 aromatic heterocycles. The summed E-state index contributed by atoms with van der Waals surface area (Å²) in [6.07, 6.45) is 2.13. The maximum absolute atomic E-state index is 14.1. The molecule has 0 spiro atoms. The molecule has 0 fully saturated rings. The first-order valence-electron chi connectivity index (χ1n) is 28.2. The molecule has 5 amide bonds. The minimum atomic E-state index is -1.02. The van der Waals surface area contributed by atoms with Crippen LogP contribution in [0, 0.1) is 17.5 Å². The Balaban J connectivity index is -0.000000594. The number of fused-ring (bicyclic) bond motifs is 2. The minimum Gasteiger partial charge on any atom is -1.00 e. The molecule has 34 heteroatoms. The number of rotatable bonds is 27. The molecule has 0 aliphatic carbocycles. The van der Waals surface area contributed by atoms with Crippen molar-refractivity contribution in [1.82, 2.24) is 40.4 Å². The van der Waals surface area contributed by atoms with E-state index >= 15 is 0 Å². The minimum absolute atomic E-state index is 0. The summed E-state index contributed by atoms with van der Waals surface area (Å²) in [4.78, 5) is 94.2. The summed E-state index contributed by atoms with van der Waals surface area (Å²) in [6.45, 7) is 4.62. The second-order valence-electron chi connectivity index (χ2n) is 19.9. The van der Waals surface area contributed by atoms with E-state index in [0.717, 1.165) is 0 Å². The van der Waals surface area contributed by atoms with Crippen LogP contribution in [0.3, 0.4) is 0 Å². The predicted molar refractivity (Wildman–Crippen MR) is 355 cm³/mol. The number of aliphatic carboxylic acids is 1. The number of carboxylic acid groups (broad SMARTS) is 1. The summed E-state index contributed by atoms with van der Waals surface area (Å²) in [5.74, 6) is -5.30. The molecular weight excluding hydrogens is 1410 g/mol. The first kappa shape index (κ1) is 96.2. The number of nitrogens with two attached hydrogens (primary N) is 3. The zero-order valence-corrected chi connectivity index (χ0v) is 62.0. The van der Waals surface area contributed by atoms with Gasteiger partial charge in [-0.15, -0.1) is 11.6 Å². The number of nitrogens with one attached hydrogen (secondary N) is 3. The molecule has 0 aliphatic heterocycles. The molecule has 3 unspecified atom stereocenters. The fourth-order valence-electron chi connectivity index (χ4n) is 7.92. The molecule has 0 radical (unpaired) electrons. The number of hydrogen-bond acceptors (Lipinski definition) is 17. The summed E-state index contributed by atoms with van der Waals surface area (Å²) in [5, 5.41) is 60.7. The number of ketones is 1. The molecule has 0 saturated heterocycles. The number of primary amides is 2. The standard InChI is InChI=1S/C23H25ClFN5O4.C13H18ClFN2O2.C10H9Cl2FO.C10H9N3O3.C4H11NO.CH2O3.2CH4.2K.H/c1-14(9-10-31)29(12-19(32)27-11-15-5-4-7-17(24)21(15)25)20(33)13-30-18-8-3-2-6-16(18)22(28-30)23(26)34;1-9(5-6-18)16-8-12(19)17-7-10-3-2-4-11(14)13(10)15;11-6-8(14)5-4-7-2-1-3-9(12)10(7)13;11-10(16)9-6-3-1-2-4-7(6)13(12-9)5-8(14)15;1-4(5)2-3-6;2-1-4-3;;;;;/h2-8,14,31H,9-13H2,1H3,(H2,26,34)(H,27,32);2-4,9,16,18H,5-8H2,1H3,(H,17,19);1-3H,4-6H2;1-4H,5H2,(H2,11,16)(H,14,15);4,6H,2-3,5H2,1H3;1,3H;2*1H4;;;/q;;;;;;;;2*+1;-1/p-1. The zero-order valence-electron chi connectivity index (χ0n) is 53.7. The van der Waals surface area contributed by atoms with Gasteiger partial charge in [0.2, 0.25) is 17.7 Å². The van der Waals surface area contributed by atoms with Crippen molar-refractivity contribution < 1.29 is 186 Å². The van der Waals surface area contributed by atoms with Crippen LogP contribution in [0.15, 0.2) is 103 Å². The molecule has 0 saturated carbocycles. The van der Waals surface area contributed by atoms with Gasteiger partial charge in [0.15, 0.2) is 11.4 Å². The van der Waals surface area contributed by atoms with Gasteiger partial charge in [0.05, 0.1) is 45.1 Å². The maximum Gasteiger partial charge on any atom is 1.00 e. The van der Waals surface area contributed by atoms with Crippen LogP contribution in [0.1, 0.15) is 100 Å². The van der Waals surface area contributed by atoms with Gasteiger partial charge in [-0.05, 0) is 82.3 Å². The molecule has 13 N–H and O–H groups in total. The van der Waals surface area contributed by atoms with Crippen LogP contribution in [0.5, 0.6) is 0 Å². The number of aromatic nitrogens is 4. The number of carbonyl (C=O) groups is 8. The van der Waals surface area contributed by atoms with Gasteiger partial charge in [-0.25, -0.2) is 13.2 Å². The number of carbonyl (C=O) groups excluding carboxylic acids is 7. The zero-order chi connectivity index (χ0) is 69.7. The molecule has 0 bridgehead atoms. The van der Waals surface area contributed by atoms with E-state index in [9.17, 15) is 51.8 Å². The van der Waals surface area contributed by atoms with Crippen LogP contribution in [-0.4, -0.2) is 150 Å². The number of nitrogens with zero attached hydrogens (tertiary/aromatic N) is 5. The summed E-state index contributed by atoms with van der Waals surface area (Å²) in [6, 6.07) is 27.3. The van der Waals surface area contributed by atoms with Gasteiger partial charge in [0.1, 0.15) is 36.3 Å². The number of hydrogen-bond donors (Lipinski definition) is 10. The number of aliphatic hydroxyl groups is 3. The van der Waals surface area contributed by atoms with Gasteiger partial charge >= 0.3 is 109 Å². The van der Waals surface area contributed by atoms with E-state index in [4.69, 9.17) is 89.0 Å². The third kappa shape index (κ3) is 35.2. The molecule has 25 nitrogen and oxygen atoms in total.